The molecule has 4 N–H and O–H groups in total. The Morgan fingerprint density at radius 1 is 0.962 bits per heavy atom. The number of nitrogens with one attached hydrogen (secondary N) is 1. The van der Waals surface area contributed by atoms with Crippen LogP contribution in [0.3, 0.4) is 0 Å². The van der Waals surface area contributed by atoms with Gasteiger partial charge in [0.25, 0.3) is 5.09 Å². The molecule has 5 atom stereocenters. The summed E-state index contributed by atoms with van der Waals surface area (Å²) in [5.41, 5.74) is 1.86. The molecule has 0 aromatic heterocycles. The van der Waals surface area contributed by atoms with Gasteiger partial charge in [0.05, 0.1) is 32.0 Å². The van der Waals surface area contributed by atoms with E-state index >= 15 is 0 Å². The standard InChI is InChI=1S/C39H52N2O12/c1-50-36-25-29(13-9-23-51-38(46)16-10-24-52-41(48)49)18-22-35(36)53-39(47)27-40-37(45)15-8-3-2-7-14-31-32(34(44)26-33(31)43)21-20-30(42)19-17-28-11-5-4-6-12-28/h2,4-7,9,11-13,18,22,25,30-34,42-44H,3,8,10,14-17,19-21,23-24,26-27H2,1H3,(H,40,45)/t30-,31+,32+,33-,34+/m0/s1. The number of nitrogens with zero attached hydrogens (tertiary/aromatic N) is 1. The van der Waals surface area contributed by atoms with Crippen molar-refractivity contribution in [2.75, 3.05) is 26.9 Å². The van der Waals surface area contributed by atoms with Gasteiger partial charge in [-0.15, -0.1) is 10.1 Å². The van der Waals surface area contributed by atoms with Crippen molar-refractivity contribution in [2.24, 2.45) is 11.8 Å². The predicted octanol–water partition coefficient (Wildman–Crippen LogP) is 4.51. The number of methoxy groups -OCH3 is 1. The largest absolute Gasteiger partial charge is 0.493 e. The number of hydrogen-bond acceptors (Lipinski definition) is 12. The molecule has 14 nitrogen and oxygen atoms in total. The molecule has 1 saturated carbocycles. The number of allylic oxidation sites excluding steroid dienone is 2. The second-order valence-electron chi connectivity index (χ2n) is 13.0. The highest BCUT2D eigenvalue weighted by Crippen LogP contribution is 2.38. The van der Waals surface area contributed by atoms with Gasteiger partial charge in [0.2, 0.25) is 5.91 Å². The molecule has 0 radical (unpaired) electrons. The van der Waals surface area contributed by atoms with Crippen LogP contribution in [0, 0.1) is 22.0 Å². The molecule has 0 bridgehead atoms. The second-order valence-corrected chi connectivity index (χ2v) is 13.0. The maximum Gasteiger partial charge on any atom is 0.330 e. The Morgan fingerprint density at radius 2 is 1.74 bits per heavy atom. The Morgan fingerprint density at radius 3 is 2.49 bits per heavy atom. The SMILES string of the molecule is COc1cc(C=CCOC(=O)CCCO[N+](=O)[O-])ccc1OC(=O)CNC(=O)CCCC=CC[C@@H]1[C@@H](CC[C@@H](O)CCc2ccccc2)[C@H](O)C[C@@H]1O. The lowest BCUT2D eigenvalue weighted by molar-refractivity contribution is -0.757. The molecule has 0 spiro atoms. The normalized spacial score (nSPS) is 18.9. The van der Waals surface area contributed by atoms with Crippen molar-refractivity contribution in [2.45, 2.75) is 88.9 Å². The molecule has 14 heteroatoms. The average molecular weight is 741 g/mol. The number of aliphatic hydroxyl groups excluding tert-OH is 3. The quantitative estimate of drug-likeness (QED) is 0.0293. The van der Waals surface area contributed by atoms with Crippen molar-refractivity contribution in [3.63, 3.8) is 0 Å². The van der Waals surface area contributed by atoms with Crippen molar-refractivity contribution >= 4 is 23.9 Å². The predicted molar refractivity (Wildman–Crippen MR) is 195 cm³/mol. The van der Waals surface area contributed by atoms with Gasteiger partial charge >= 0.3 is 11.9 Å². The number of ether oxygens (including phenoxy) is 3. The van der Waals surface area contributed by atoms with Crippen molar-refractivity contribution in [3.05, 3.63) is 88.0 Å². The molecular formula is C39H52N2O12. The maximum atomic E-state index is 12.4. The van der Waals surface area contributed by atoms with Crippen LogP contribution < -0.4 is 14.8 Å². The fourth-order valence-corrected chi connectivity index (χ4v) is 6.21. The Balaban J connectivity index is 1.30. The Kier molecular flexibility index (Phi) is 19.1. The first-order chi connectivity index (χ1) is 25.5. The molecule has 1 aliphatic carbocycles. The van der Waals surface area contributed by atoms with Crippen molar-refractivity contribution in [3.8, 4) is 11.5 Å². The van der Waals surface area contributed by atoms with Crippen LogP contribution in [-0.4, -0.2) is 83.4 Å². The molecule has 1 aliphatic rings. The first kappa shape index (κ1) is 42.6. The summed E-state index contributed by atoms with van der Waals surface area (Å²) in [6.07, 6.45) is 10.7. The zero-order valence-electron chi connectivity index (χ0n) is 30.2. The molecular weight excluding hydrogens is 688 g/mol. The summed E-state index contributed by atoms with van der Waals surface area (Å²) in [4.78, 5) is 50.7. The summed E-state index contributed by atoms with van der Waals surface area (Å²) < 4.78 is 15.7. The number of amides is 1. The van der Waals surface area contributed by atoms with Crippen molar-refractivity contribution in [1.82, 2.24) is 5.32 Å². The third kappa shape index (κ3) is 16.6. The smallest absolute Gasteiger partial charge is 0.330 e. The van der Waals surface area contributed by atoms with Gasteiger partial charge in [-0.05, 0) is 99.0 Å². The summed E-state index contributed by atoms with van der Waals surface area (Å²) in [7, 11) is 1.42. The van der Waals surface area contributed by atoms with E-state index in [2.05, 4.69) is 10.2 Å². The zero-order chi connectivity index (χ0) is 38.4. The first-order valence-corrected chi connectivity index (χ1v) is 18.0. The lowest BCUT2D eigenvalue weighted by Gasteiger charge is -2.23. The minimum atomic E-state index is -0.921. The van der Waals surface area contributed by atoms with Gasteiger partial charge in [0.15, 0.2) is 11.5 Å². The van der Waals surface area contributed by atoms with Crippen LogP contribution in [0.2, 0.25) is 0 Å². The fraction of sp³-hybridized carbons (Fsp3) is 0.513. The number of esters is 2. The van der Waals surface area contributed by atoms with Crippen LogP contribution in [-0.2, 0) is 30.4 Å². The van der Waals surface area contributed by atoms with Gasteiger partial charge in [0, 0.05) is 12.8 Å². The van der Waals surface area contributed by atoms with Crippen molar-refractivity contribution < 1.29 is 53.8 Å². The van der Waals surface area contributed by atoms with Gasteiger partial charge in [-0.3, -0.25) is 9.59 Å². The summed E-state index contributed by atoms with van der Waals surface area (Å²) in [6.45, 7) is -0.524. The lowest BCUT2D eigenvalue weighted by Crippen LogP contribution is -2.31. The molecule has 0 unspecified atom stereocenters. The number of hydrogen-bond donors (Lipinski definition) is 4. The van der Waals surface area contributed by atoms with Crippen LogP contribution in [0.4, 0.5) is 0 Å². The van der Waals surface area contributed by atoms with E-state index in [1.54, 1.807) is 24.3 Å². The number of carbonyl (C=O) groups is 3. The molecule has 0 saturated heterocycles. The molecule has 2 aromatic rings. The molecule has 0 heterocycles. The van der Waals surface area contributed by atoms with E-state index in [4.69, 9.17) is 14.2 Å². The Labute approximate surface area is 309 Å². The molecule has 290 valence electrons. The minimum Gasteiger partial charge on any atom is -0.493 e. The maximum absolute atomic E-state index is 12.4. The van der Waals surface area contributed by atoms with Gasteiger partial charge in [0.1, 0.15) is 13.2 Å². The van der Waals surface area contributed by atoms with E-state index < -0.39 is 35.3 Å². The third-order valence-electron chi connectivity index (χ3n) is 9.03. The fourth-order valence-electron chi connectivity index (χ4n) is 6.21. The van der Waals surface area contributed by atoms with Crippen LogP contribution in [0.15, 0.2) is 66.8 Å². The van der Waals surface area contributed by atoms with Gasteiger partial charge in [-0.25, -0.2) is 4.79 Å². The van der Waals surface area contributed by atoms with E-state index in [1.165, 1.54) is 18.7 Å². The number of aryl methyl sites for hydroxylation is 1. The lowest BCUT2D eigenvalue weighted by atomic mass is 9.85. The number of unbranched alkanes of at least 4 members (excludes halogenated alkanes) is 1. The Bertz CT molecular complexity index is 1500. The van der Waals surface area contributed by atoms with Crippen molar-refractivity contribution in [1.29, 1.82) is 0 Å². The van der Waals surface area contributed by atoms with Crippen LogP contribution >= 0.6 is 0 Å². The monoisotopic (exact) mass is 740 g/mol. The van der Waals surface area contributed by atoms with E-state index in [0.717, 1.165) is 6.42 Å². The van der Waals surface area contributed by atoms with Gasteiger partial charge in [-0.1, -0.05) is 54.6 Å². The number of benzene rings is 2. The second kappa shape index (κ2) is 23.7. The van der Waals surface area contributed by atoms with Crippen LogP contribution in [0.5, 0.6) is 11.5 Å². The first-order valence-electron chi connectivity index (χ1n) is 18.0. The summed E-state index contributed by atoms with van der Waals surface area (Å²) >= 11 is 0. The summed E-state index contributed by atoms with van der Waals surface area (Å²) in [5, 5.41) is 43.4. The van der Waals surface area contributed by atoms with Crippen LogP contribution in [0.1, 0.15) is 75.3 Å². The average Bonchev–Trinajstić information content (AvgIpc) is 3.42. The van der Waals surface area contributed by atoms with Crippen LogP contribution in [0.25, 0.3) is 6.08 Å². The highest BCUT2D eigenvalue weighted by molar-refractivity contribution is 5.83. The molecule has 53 heavy (non-hydrogen) atoms. The summed E-state index contributed by atoms with van der Waals surface area (Å²) in [6, 6.07) is 14.8. The molecule has 2 aromatic carbocycles. The number of aliphatic hydroxyl groups is 3. The van der Waals surface area contributed by atoms with Gasteiger partial charge in [-0.2, -0.15) is 0 Å². The topological polar surface area (TPSA) is 204 Å². The minimum absolute atomic E-state index is 0.0110. The van der Waals surface area contributed by atoms with E-state index in [-0.39, 0.29) is 68.3 Å². The van der Waals surface area contributed by atoms with E-state index in [9.17, 15) is 39.8 Å². The van der Waals surface area contributed by atoms with E-state index in [0.29, 0.717) is 50.5 Å². The highest BCUT2D eigenvalue weighted by atomic mass is 16.9. The number of rotatable bonds is 24. The summed E-state index contributed by atoms with van der Waals surface area (Å²) in [5.74, 6) is -1.22. The zero-order valence-corrected chi connectivity index (χ0v) is 30.2. The Hall–Kier alpha value is -4.79. The van der Waals surface area contributed by atoms with E-state index in [1.807, 2.05) is 42.5 Å². The molecule has 0 aliphatic heterocycles. The highest BCUT2D eigenvalue weighted by Gasteiger charge is 2.40. The molecule has 1 amide bonds. The number of carbonyl (C=O) groups excluding carboxylic acids is 3. The van der Waals surface area contributed by atoms with Gasteiger partial charge < -0.3 is 39.7 Å². The molecule has 3 rings (SSSR count). The third-order valence-corrected chi connectivity index (χ3v) is 9.03. The molecule has 1 fully saturated rings.